The number of halogens is 2. The number of fused-ring (bicyclic) bond motifs is 2. The minimum atomic E-state index is -1.08. The fraction of sp³-hybridized carbons (Fsp3) is 0.304. The molecule has 0 amide bonds. The van der Waals surface area contributed by atoms with Crippen LogP contribution < -0.4 is 26.9 Å². The number of benzene rings is 9. The van der Waals surface area contributed by atoms with Crippen molar-refractivity contribution < 1.29 is 43.6 Å². The monoisotopic (exact) mass is 1820 g/mol. The molecule has 0 aliphatic carbocycles. The number of ether oxygens (including phenoxy) is 5. The number of rotatable bonds is 32. The van der Waals surface area contributed by atoms with Crippen LogP contribution in [0.15, 0.2) is 323 Å². The normalized spacial score (nSPS) is 11.8. The van der Waals surface area contributed by atoms with Crippen LogP contribution in [0.4, 0.5) is 0 Å². The van der Waals surface area contributed by atoms with E-state index in [2.05, 4.69) is 320 Å². The van der Waals surface area contributed by atoms with E-state index in [0.717, 1.165) is 77.4 Å². The van der Waals surface area contributed by atoms with E-state index in [1.807, 2.05) is 99.2 Å². The number of carboxylic acid groups (broad SMARTS) is 1. The third-order valence-electron chi connectivity index (χ3n) is 20.3. The first-order valence-corrected chi connectivity index (χ1v) is 43.5. The highest BCUT2D eigenvalue weighted by Crippen LogP contribution is 2.34. The Morgan fingerprint density at radius 1 is 0.461 bits per heavy atom. The van der Waals surface area contributed by atoms with Gasteiger partial charge in [0.05, 0.1) is 70.5 Å². The van der Waals surface area contributed by atoms with Crippen LogP contribution in [-0.4, -0.2) is 205 Å². The van der Waals surface area contributed by atoms with E-state index in [0.29, 0.717) is 18.9 Å². The molecule has 2 N–H and O–H groups in total. The quantitative estimate of drug-likeness (QED) is 0.0398. The van der Waals surface area contributed by atoms with Crippen molar-refractivity contribution in [2.24, 2.45) is 28.2 Å². The molecule has 12 aromatic rings. The zero-order chi connectivity index (χ0) is 92.5. The molecule has 2 aliphatic rings. The third kappa shape index (κ3) is 32.0. The predicted octanol–water partition coefficient (Wildman–Crippen LogP) is 14.2. The van der Waals surface area contributed by atoms with Crippen molar-refractivity contribution in [2.75, 3.05) is 136 Å². The lowest BCUT2D eigenvalue weighted by Crippen LogP contribution is -3.06. The molecule has 0 fully saturated rings. The van der Waals surface area contributed by atoms with Crippen LogP contribution in [0.5, 0.6) is 5.88 Å². The maximum Gasteiger partial charge on any atom is 0.332 e. The molecule has 5 heterocycles. The average molecular weight is 1820 g/mol. The van der Waals surface area contributed by atoms with Gasteiger partial charge < -0.3 is 67.5 Å². The first-order chi connectivity index (χ1) is 61.6. The summed E-state index contributed by atoms with van der Waals surface area (Å²) in [4.78, 5) is 67.7. The Balaban J connectivity index is 0.000000185. The summed E-state index contributed by atoms with van der Waals surface area (Å²) in [5.74, 6) is -1.50. The lowest BCUT2D eigenvalue weighted by molar-refractivity contribution is -0.858. The Morgan fingerprint density at radius 3 is 1.16 bits per heavy atom. The van der Waals surface area contributed by atoms with Crippen LogP contribution in [0.1, 0.15) is 87.1 Å². The molecule has 0 radical (unpaired) electrons. The molecule has 676 valence electrons. The number of nitrogens with one attached hydrogen (secondary N) is 1. The maximum absolute atomic E-state index is 11.9. The number of imidazole rings is 1. The number of aromatic nitrogens is 8. The molecule has 14 rings (SSSR count). The van der Waals surface area contributed by atoms with E-state index in [-0.39, 0.29) is 58.7 Å². The number of likely N-dealkylation sites (N-methyl/N-ethyl adjacent to an activating group) is 5. The Labute approximate surface area is 766 Å². The molecule has 3 aromatic heterocycles. The number of nitrogens with zero attached hydrogens (tertiary/aromatic N) is 12. The number of hydrogen-bond donors (Lipinski definition) is 2. The van der Waals surface area contributed by atoms with E-state index in [9.17, 15) is 24.3 Å². The van der Waals surface area contributed by atoms with Crippen molar-refractivity contribution in [3.63, 3.8) is 0 Å². The van der Waals surface area contributed by atoms with Crippen LogP contribution in [0.2, 0.25) is 5.15 Å². The topological polar surface area (TPSA) is 238 Å². The molecular weight excluding hydrogens is 1700 g/mol. The summed E-state index contributed by atoms with van der Waals surface area (Å²) in [6.45, 7) is 9.96. The van der Waals surface area contributed by atoms with Gasteiger partial charge >= 0.3 is 17.3 Å². The fourth-order valence-electron chi connectivity index (χ4n) is 13.2. The highest BCUT2D eigenvalue weighted by Gasteiger charge is 2.31. The zero-order valence-electron chi connectivity index (χ0n) is 76.1. The minimum absolute atomic E-state index is 0.00995. The number of aliphatic carboxylic acids is 1. The number of carbonyl (C=O) groups is 1. The van der Waals surface area contributed by atoms with Crippen molar-refractivity contribution in [3.8, 4) is 17.3 Å². The van der Waals surface area contributed by atoms with Gasteiger partial charge in [0, 0.05) is 71.1 Å². The molecule has 9 aromatic carbocycles. The number of hydrogen-bond acceptors (Lipinski definition) is 17. The van der Waals surface area contributed by atoms with E-state index in [4.69, 9.17) is 40.4 Å². The Hall–Kier alpha value is -11.7. The van der Waals surface area contributed by atoms with E-state index < -0.39 is 28.7 Å². The maximum atomic E-state index is 11.9. The summed E-state index contributed by atoms with van der Waals surface area (Å²) in [7, 11) is 26.5. The molecule has 26 heteroatoms. The summed E-state index contributed by atoms with van der Waals surface area (Å²) < 4.78 is 37.4. The largest absolute Gasteiger partial charge is 0.858 e. The van der Waals surface area contributed by atoms with Crippen molar-refractivity contribution in [1.82, 2.24) is 57.4 Å². The van der Waals surface area contributed by atoms with E-state index >= 15 is 0 Å². The molecule has 2 unspecified atom stereocenters. The zero-order valence-corrected chi connectivity index (χ0v) is 78.4. The molecule has 2 aliphatic heterocycles. The Kier molecular flexibility index (Phi) is 42.3. The van der Waals surface area contributed by atoms with Crippen molar-refractivity contribution in [1.29, 1.82) is 0 Å². The number of aryl methyl sites for hydroxylation is 1. The van der Waals surface area contributed by atoms with Gasteiger partial charge in [0.25, 0.3) is 5.56 Å². The summed E-state index contributed by atoms with van der Waals surface area (Å²) in [5, 5.41) is 20.5. The van der Waals surface area contributed by atoms with Crippen LogP contribution >= 0.6 is 27.5 Å². The van der Waals surface area contributed by atoms with Gasteiger partial charge in [-0.1, -0.05) is 288 Å². The van der Waals surface area contributed by atoms with Crippen molar-refractivity contribution in [2.45, 2.75) is 43.5 Å². The number of quaternary nitrogens is 1. The molecule has 0 saturated heterocycles. The lowest BCUT2D eigenvalue weighted by atomic mass is 9.91. The van der Waals surface area contributed by atoms with Crippen LogP contribution in [0.3, 0.4) is 0 Å². The summed E-state index contributed by atoms with van der Waals surface area (Å²) >= 11 is 9.13. The molecule has 2 atom stereocenters. The SMILES string of the molecule is CN(C)CCOC(C)(c1ccccc1)c1ccccn1.CN(C)CCOC(c1ccccc1)c1ccc(Br)cc1.CN(C)CCOC(c1ccccc1)c1ccccc1.CN(C)CCOC(c1ccccc1)c1ccccc1.C[NH+](C)CCOC(c1ccccc1)c1ccccc1.Cn1c(=O)c2c(ncn2CC(=O)O)n(C)c1=O.Cn1c2cc(Cl)nc-2c([O-])n(C)c1=O. The fourth-order valence-corrected chi connectivity index (χ4v) is 13.6. The van der Waals surface area contributed by atoms with Gasteiger partial charge in [0.1, 0.15) is 48.3 Å². The second-order valence-electron chi connectivity index (χ2n) is 31.7. The van der Waals surface area contributed by atoms with Crippen molar-refractivity contribution in [3.05, 3.63) is 400 Å². The van der Waals surface area contributed by atoms with Crippen LogP contribution in [-0.2, 0) is 68.8 Å². The van der Waals surface area contributed by atoms with E-state index in [1.54, 1.807) is 7.05 Å². The first kappa shape index (κ1) is 102. The lowest BCUT2D eigenvalue weighted by Gasteiger charge is -2.30. The molecule has 128 heavy (non-hydrogen) atoms. The van der Waals surface area contributed by atoms with Gasteiger partial charge in [-0.15, -0.1) is 0 Å². The average Bonchev–Trinajstić information content (AvgIpc) is 1.61. The Morgan fingerprint density at radius 2 is 0.805 bits per heavy atom. The summed E-state index contributed by atoms with van der Waals surface area (Å²) in [6.07, 6.45) is 3.10. The highest BCUT2D eigenvalue weighted by molar-refractivity contribution is 9.10. The van der Waals surface area contributed by atoms with Gasteiger partial charge in [-0.25, -0.2) is 19.6 Å². The van der Waals surface area contributed by atoms with Crippen molar-refractivity contribution >= 4 is 44.7 Å². The molecule has 24 nitrogen and oxygen atoms in total. The molecule has 0 bridgehead atoms. The minimum Gasteiger partial charge on any atom is -0.858 e. The second-order valence-corrected chi connectivity index (χ2v) is 33.0. The van der Waals surface area contributed by atoms with Gasteiger partial charge in [-0.3, -0.25) is 28.3 Å². The Bertz CT molecular complexity index is 5270. The van der Waals surface area contributed by atoms with Gasteiger partial charge in [0.15, 0.2) is 11.2 Å². The number of carboxylic acids is 1. The molecule has 0 saturated carbocycles. The standard InChI is InChI=1S/C17H20BrNO.C17H22N2O.3C17H21NO.C9H10N4O4.C8H8ClN3O2/c1-19(2)12-13-20-17(14-6-4-3-5-7-14)15-8-10-16(18)11-9-15;1-17(20-14-13-19(2)3,15-9-5-4-6-10-15)16-11-7-8-12-18-16;3*1-18(2)13-14-19-17(15-9-5-3-6-10-15)16-11-7-4-8-12-16;1-11-7-6(8(16)12(2)9(11)17)13(4-10-7)3-5(14)15;1-11-4-3-5(9)10-6(4)7(13)12(2)8(11)14/h3-11,17H,12-13H2,1-2H3;4-12H,13-14H2,1-3H3;3*3-12,17H,13-14H2,1-2H3;4H,3H2,1-2H3,(H,14,15);3,13H,1-2H3. The highest BCUT2D eigenvalue weighted by atomic mass is 79.9. The predicted molar refractivity (Wildman–Crippen MR) is 513 cm³/mol. The van der Waals surface area contributed by atoms with Crippen LogP contribution in [0, 0.1) is 0 Å². The summed E-state index contributed by atoms with van der Waals surface area (Å²) in [6, 6.07) is 98.7. The van der Waals surface area contributed by atoms with Gasteiger partial charge in [0.2, 0.25) is 0 Å². The third-order valence-corrected chi connectivity index (χ3v) is 21.1. The molecular formula is C102H123BrClN13O11. The molecule has 0 spiro atoms. The van der Waals surface area contributed by atoms with Gasteiger partial charge in [-0.05, 0) is 144 Å². The summed E-state index contributed by atoms with van der Waals surface area (Å²) in [5.41, 5.74) is 10.7. The second kappa shape index (κ2) is 53.2. The van der Waals surface area contributed by atoms with E-state index in [1.165, 1.54) is 96.6 Å². The van der Waals surface area contributed by atoms with Crippen LogP contribution in [0.25, 0.3) is 22.6 Å². The first-order valence-electron chi connectivity index (χ1n) is 42.3. The van der Waals surface area contributed by atoms with Gasteiger partial charge in [-0.2, -0.15) is 0 Å². The number of pyridine rings is 1. The smallest absolute Gasteiger partial charge is 0.332 e.